The average molecular weight is 336 g/mol. The molecule has 0 atom stereocenters. The summed E-state index contributed by atoms with van der Waals surface area (Å²) in [5, 5.41) is 0.655. The van der Waals surface area contributed by atoms with E-state index in [-0.39, 0.29) is 11.7 Å². The molecule has 1 amide bonds. The van der Waals surface area contributed by atoms with Gasteiger partial charge in [0.2, 0.25) is 5.91 Å². The number of hydrogen-bond acceptors (Lipinski definition) is 2. The Hall–Kier alpha value is -2.07. The number of aryl methyl sites for hydroxylation is 1. The van der Waals surface area contributed by atoms with Crippen LogP contribution in [0.15, 0.2) is 48.5 Å². The van der Waals surface area contributed by atoms with E-state index in [1.54, 1.807) is 42.3 Å². The minimum atomic E-state index is -0.278. The zero-order valence-electron chi connectivity index (χ0n) is 13.0. The van der Waals surface area contributed by atoms with Crippen LogP contribution in [0.3, 0.4) is 0 Å². The number of hydrogen-bond donors (Lipinski definition) is 0. The van der Waals surface area contributed by atoms with Gasteiger partial charge < -0.3 is 9.64 Å². The highest BCUT2D eigenvalue weighted by molar-refractivity contribution is 6.30. The van der Waals surface area contributed by atoms with Gasteiger partial charge in [-0.1, -0.05) is 23.7 Å². The lowest BCUT2D eigenvalue weighted by molar-refractivity contribution is -0.130. The molecule has 0 N–H and O–H groups in total. The molecule has 0 heterocycles. The summed E-state index contributed by atoms with van der Waals surface area (Å²) in [5.41, 5.74) is 0.823. The SMILES string of the molecule is CN(CCOc1ccc(Cl)cc1)C(=O)CCc1cccc(F)c1. The van der Waals surface area contributed by atoms with Gasteiger partial charge in [-0.15, -0.1) is 0 Å². The highest BCUT2D eigenvalue weighted by Crippen LogP contribution is 2.15. The first kappa shape index (κ1) is 17.3. The molecule has 2 rings (SSSR count). The van der Waals surface area contributed by atoms with Crippen molar-refractivity contribution >= 4 is 17.5 Å². The van der Waals surface area contributed by atoms with Crippen LogP contribution in [-0.4, -0.2) is 31.0 Å². The number of halogens is 2. The van der Waals surface area contributed by atoms with Crippen molar-refractivity contribution in [1.29, 1.82) is 0 Å². The van der Waals surface area contributed by atoms with Gasteiger partial charge in [-0.3, -0.25) is 4.79 Å². The third-order valence-electron chi connectivity index (χ3n) is 3.45. The molecule has 0 unspecified atom stereocenters. The fourth-order valence-corrected chi connectivity index (χ4v) is 2.22. The van der Waals surface area contributed by atoms with Crippen molar-refractivity contribution in [3.63, 3.8) is 0 Å². The van der Waals surface area contributed by atoms with Gasteiger partial charge in [-0.05, 0) is 48.4 Å². The largest absolute Gasteiger partial charge is 0.492 e. The molecule has 0 saturated carbocycles. The molecule has 0 aliphatic heterocycles. The Morgan fingerprint density at radius 1 is 1.22 bits per heavy atom. The highest BCUT2D eigenvalue weighted by atomic mass is 35.5. The standard InChI is InChI=1S/C18H19ClFNO2/c1-21(11-12-23-17-8-6-15(19)7-9-17)18(22)10-5-14-3-2-4-16(20)13-14/h2-4,6-9,13H,5,10-12H2,1H3. The second kappa shape index (κ2) is 8.53. The van der Waals surface area contributed by atoms with Gasteiger partial charge in [0.1, 0.15) is 18.2 Å². The van der Waals surface area contributed by atoms with E-state index in [0.717, 1.165) is 11.3 Å². The van der Waals surface area contributed by atoms with Gasteiger partial charge in [0.25, 0.3) is 0 Å². The summed E-state index contributed by atoms with van der Waals surface area (Å²) >= 11 is 5.80. The van der Waals surface area contributed by atoms with Crippen molar-refractivity contribution in [3.05, 3.63) is 64.9 Å². The number of likely N-dealkylation sites (N-methyl/N-ethyl adjacent to an activating group) is 1. The third-order valence-corrected chi connectivity index (χ3v) is 3.70. The topological polar surface area (TPSA) is 29.5 Å². The average Bonchev–Trinajstić information content (AvgIpc) is 2.54. The van der Waals surface area contributed by atoms with E-state index in [1.165, 1.54) is 12.1 Å². The first-order valence-electron chi connectivity index (χ1n) is 7.41. The van der Waals surface area contributed by atoms with E-state index >= 15 is 0 Å². The molecular formula is C18H19ClFNO2. The van der Waals surface area contributed by atoms with Gasteiger partial charge in [0.15, 0.2) is 0 Å². The molecule has 0 saturated heterocycles. The molecule has 0 spiro atoms. The second-order valence-corrected chi connectivity index (χ2v) is 5.68. The third kappa shape index (κ3) is 5.91. The minimum absolute atomic E-state index is 0.00830. The summed E-state index contributed by atoms with van der Waals surface area (Å²) in [6, 6.07) is 13.4. The number of rotatable bonds is 7. The Labute approximate surface area is 140 Å². The lowest BCUT2D eigenvalue weighted by atomic mass is 10.1. The summed E-state index contributed by atoms with van der Waals surface area (Å²) in [5.74, 6) is 0.448. The van der Waals surface area contributed by atoms with Crippen LogP contribution in [0.5, 0.6) is 5.75 Å². The Morgan fingerprint density at radius 3 is 2.65 bits per heavy atom. The number of ether oxygens (including phenoxy) is 1. The van der Waals surface area contributed by atoms with E-state index in [4.69, 9.17) is 16.3 Å². The molecule has 0 aliphatic carbocycles. The Bertz CT molecular complexity index is 646. The maximum atomic E-state index is 13.1. The lowest BCUT2D eigenvalue weighted by Gasteiger charge is -2.17. The van der Waals surface area contributed by atoms with Crippen molar-refractivity contribution in [2.75, 3.05) is 20.2 Å². The van der Waals surface area contributed by atoms with Crippen LogP contribution in [-0.2, 0) is 11.2 Å². The van der Waals surface area contributed by atoms with Crippen LogP contribution in [0, 0.1) is 5.82 Å². The Balaban J connectivity index is 1.71. The summed E-state index contributed by atoms with van der Waals surface area (Å²) in [7, 11) is 1.74. The van der Waals surface area contributed by atoms with E-state index in [9.17, 15) is 9.18 Å². The van der Waals surface area contributed by atoms with E-state index in [2.05, 4.69) is 0 Å². The fraction of sp³-hybridized carbons (Fsp3) is 0.278. The molecular weight excluding hydrogens is 317 g/mol. The Morgan fingerprint density at radius 2 is 1.96 bits per heavy atom. The quantitative estimate of drug-likeness (QED) is 0.766. The normalized spacial score (nSPS) is 10.4. The van der Waals surface area contributed by atoms with E-state index in [0.29, 0.717) is 31.0 Å². The van der Waals surface area contributed by atoms with Gasteiger partial charge in [0.05, 0.1) is 6.54 Å². The summed E-state index contributed by atoms with van der Waals surface area (Å²) in [6.45, 7) is 0.897. The number of carbonyl (C=O) groups excluding carboxylic acids is 1. The van der Waals surface area contributed by atoms with Gasteiger partial charge in [-0.25, -0.2) is 4.39 Å². The zero-order chi connectivity index (χ0) is 16.7. The monoisotopic (exact) mass is 335 g/mol. The van der Waals surface area contributed by atoms with E-state index < -0.39 is 0 Å². The summed E-state index contributed by atoms with van der Waals surface area (Å²) in [4.78, 5) is 13.7. The lowest BCUT2D eigenvalue weighted by Crippen LogP contribution is -2.31. The van der Waals surface area contributed by atoms with Crippen molar-refractivity contribution in [1.82, 2.24) is 4.90 Å². The van der Waals surface area contributed by atoms with Crippen molar-refractivity contribution in [3.8, 4) is 5.75 Å². The smallest absolute Gasteiger partial charge is 0.222 e. The molecule has 122 valence electrons. The highest BCUT2D eigenvalue weighted by Gasteiger charge is 2.09. The molecule has 23 heavy (non-hydrogen) atoms. The molecule has 0 fully saturated rings. The molecule has 2 aromatic carbocycles. The number of carbonyl (C=O) groups is 1. The van der Waals surface area contributed by atoms with Crippen LogP contribution in [0.4, 0.5) is 4.39 Å². The number of amides is 1. The van der Waals surface area contributed by atoms with Gasteiger partial charge in [0, 0.05) is 18.5 Å². The van der Waals surface area contributed by atoms with Crippen LogP contribution >= 0.6 is 11.6 Å². The van der Waals surface area contributed by atoms with Crippen LogP contribution in [0.1, 0.15) is 12.0 Å². The van der Waals surface area contributed by atoms with Crippen LogP contribution in [0.2, 0.25) is 5.02 Å². The first-order chi connectivity index (χ1) is 11.0. The molecule has 2 aromatic rings. The molecule has 0 bridgehead atoms. The molecule has 0 aromatic heterocycles. The van der Waals surface area contributed by atoms with Crippen LogP contribution < -0.4 is 4.74 Å². The molecule has 0 aliphatic rings. The number of benzene rings is 2. The van der Waals surface area contributed by atoms with Crippen molar-refractivity contribution in [2.24, 2.45) is 0 Å². The predicted molar refractivity (Wildman–Crippen MR) is 89.3 cm³/mol. The Kier molecular flexibility index (Phi) is 6.41. The maximum Gasteiger partial charge on any atom is 0.222 e. The summed E-state index contributed by atoms with van der Waals surface area (Å²) < 4.78 is 18.6. The van der Waals surface area contributed by atoms with Gasteiger partial charge >= 0.3 is 0 Å². The number of nitrogens with zero attached hydrogens (tertiary/aromatic N) is 1. The predicted octanol–water partition coefficient (Wildman–Crippen LogP) is 3.95. The minimum Gasteiger partial charge on any atom is -0.492 e. The maximum absolute atomic E-state index is 13.1. The first-order valence-corrected chi connectivity index (χ1v) is 7.79. The van der Waals surface area contributed by atoms with E-state index in [1.807, 2.05) is 6.07 Å². The molecule has 3 nitrogen and oxygen atoms in total. The second-order valence-electron chi connectivity index (χ2n) is 5.25. The van der Waals surface area contributed by atoms with Gasteiger partial charge in [-0.2, -0.15) is 0 Å². The van der Waals surface area contributed by atoms with Crippen molar-refractivity contribution < 1.29 is 13.9 Å². The van der Waals surface area contributed by atoms with Crippen LogP contribution in [0.25, 0.3) is 0 Å². The summed E-state index contributed by atoms with van der Waals surface area (Å²) in [6.07, 6.45) is 0.875. The zero-order valence-corrected chi connectivity index (χ0v) is 13.7. The fourth-order valence-electron chi connectivity index (χ4n) is 2.09. The molecule has 5 heteroatoms. The molecule has 0 radical (unpaired) electrons. The van der Waals surface area contributed by atoms with Crippen molar-refractivity contribution in [2.45, 2.75) is 12.8 Å².